The number of ether oxygens (including phenoxy) is 5. The predicted molar refractivity (Wildman–Crippen MR) is 253 cm³/mol. The smallest absolute Gasteiger partial charge is 0.387 e. The van der Waals surface area contributed by atoms with Crippen molar-refractivity contribution in [2.75, 3.05) is 50.7 Å². The number of aromatic amines is 2. The number of alkyl halides is 2. The van der Waals surface area contributed by atoms with Gasteiger partial charge in [0.2, 0.25) is 17.7 Å². The van der Waals surface area contributed by atoms with Crippen molar-refractivity contribution in [3.8, 4) is 0 Å². The van der Waals surface area contributed by atoms with Crippen LogP contribution in [0.1, 0.15) is 25.1 Å². The van der Waals surface area contributed by atoms with Crippen molar-refractivity contribution < 1.29 is 117 Å². The van der Waals surface area contributed by atoms with E-state index in [1.54, 1.807) is 0 Å². The van der Waals surface area contributed by atoms with Gasteiger partial charge in [-0.15, -0.1) is 0 Å². The summed E-state index contributed by atoms with van der Waals surface area (Å²) in [6.07, 6.45) is -14.3. The Morgan fingerprint density at radius 3 is 2.00 bits per heavy atom. The van der Waals surface area contributed by atoms with E-state index in [0.29, 0.717) is 0 Å². The topological polar surface area (TPSA) is 551 Å². The molecule has 9 heterocycles. The summed E-state index contributed by atoms with van der Waals surface area (Å²) in [5, 5.41) is 33.1. The Kier molecular flexibility index (Phi) is 16.9. The second-order valence-electron chi connectivity index (χ2n) is 17.6. The number of methoxy groups -OCH3 is 1. The van der Waals surface area contributed by atoms with E-state index in [4.69, 9.17) is 54.2 Å². The fourth-order valence-electron chi connectivity index (χ4n) is 9.03. The molecule has 15 N–H and O–H groups in total. The van der Waals surface area contributed by atoms with E-state index < -0.39 is 155 Å². The lowest BCUT2D eigenvalue weighted by Crippen LogP contribution is -2.45. The number of nitrogens with one attached hydrogen (secondary N) is 2. The molecule has 6 aromatic rings. The predicted octanol–water partition coefficient (Wildman–Crippen LogP) is -2.83. The molecule has 80 heavy (non-hydrogen) atoms. The van der Waals surface area contributed by atoms with Gasteiger partial charge < -0.3 is 75.8 Å². The van der Waals surface area contributed by atoms with E-state index in [2.05, 4.69) is 53.2 Å². The van der Waals surface area contributed by atoms with E-state index in [1.165, 1.54) is 22.5 Å². The standard InChI is InChI=1S/C35H47F2N15O24P4/c1-49-11-52(27-18(49)29(57)48-35(40)46-27)30-19(53)12(3-4-67-33(36)37)13(71-30)5-69-78(60,61)75-80(64,65)76-79(62,63)70-7-15-22(23(66-2)32(73-15)50-9-43-16-24(38)41-8-42-25(16)50)74-77(58,59)68-6-14-20(54)21(55)31(72-14)51-10-44-17-26(51)45-34(39)47-28(17)56/h8-15,19-23,30-33,53-55H,3-7H2,1-2H3,(H11-,38,39,40,41,42,45,46,47,48,56,57,58,59,60,61,62,63,64,65)/p+1/t12-,13-,14-,15-,19-,20-,21-,22-,23-,30-,31-,32-/m1/s1. The van der Waals surface area contributed by atoms with Gasteiger partial charge in [-0.2, -0.15) is 22.4 Å². The van der Waals surface area contributed by atoms with Crippen LogP contribution in [-0.4, -0.2) is 177 Å². The Morgan fingerprint density at radius 2 is 1.32 bits per heavy atom. The van der Waals surface area contributed by atoms with E-state index in [9.17, 15) is 71.5 Å². The van der Waals surface area contributed by atoms with E-state index in [0.717, 1.165) is 35.2 Å². The Balaban J connectivity index is 0.874. The molecule has 0 bridgehead atoms. The first kappa shape index (κ1) is 59.3. The highest BCUT2D eigenvalue weighted by atomic mass is 31.3. The molecule has 440 valence electrons. The number of phosphoric acid groups is 4. The van der Waals surface area contributed by atoms with Crippen molar-refractivity contribution in [1.82, 2.24) is 53.6 Å². The van der Waals surface area contributed by atoms with Gasteiger partial charge in [0.15, 0.2) is 41.4 Å². The second kappa shape index (κ2) is 22.8. The minimum atomic E-state index is -6.27. The molecule has 0 radical (unpaired) electrons. The summed E-state index contributed by atoms with van der Waals surface area (Å²) in [5.41, 5.74) is 15.3. The molecule has 9 rings (SSSR count). The normalized spacial score (nSPS) is 29.4. The lowest BCUT2D eigenvalue weighted by molar-refractivity contribution is -0.745. The zero-order chi connectivity index (χ0) is 58.0. The molecule has 0 amide bonds. The quantitative estimate of drug-likeness (QED) is 0.0227. The van der Waals surface area contributed by atoms with Crippen LogP contribution >= 0.6 is 31.3 Å². The molecule has 3 aliphatic rings. The first-order chi connectivity index (χ1) is 37.6. The minimum Gasteiger partial charge on any atom is -0.387 e. The maximum atomic E-state index is 13.7. The number of imidazole rings is 3. The SMILES string of the molecule is CO[C@@H]1[C@H](OP(=O)(O)OC[C@H]2O[C@@H](n3cnc4c(=O)[nH]c(N)nc43)[C@H](O)[C@@H]2O)[C@@H](COP(=O)(O)OP(=O)(O)OP(=O)(O)OC[C@H]2O[C@@H]([n+]3cn(C)c4c(=O)[nH]c(N)nc43)[C@H](O)[C@@H]2CCOC(F)F)O[C@H]1n1cnc2c(N)ncnc21. The second-order valence-corrected chi connectivity index (χ2v) is 23.6. The maximum Gasteiger partial charge on any atom is 0.490 e. The number of nitrogens with zero attached hydrogens (tertiary/aromatic N) is 10. The number of aryl methyl sites for hydroxylation is 1. The highest BCUT2D eigenvalue weighted by molar-refractivity contribution is 7.66. The van der Waals surface area contributed by atoms with Crippen molar-refractivity contribution in [1.29, 1.82) is 0 Å². The number of phosphoric ester groups is 3. The van der Waals surface area contributed by atoms with Gasteiger partial charge in [0.05, 0.1) is 52.2 Å². The van der Waals surface area contributed by atoms with Crippen LogP contribution in [0.3, 0.4) is 0 Å². The van der Waals surface area contributed by atoms with Crippen molar-refractivity contribution in [2.24, 2.45) is 13.0 Å². The molecule has 45 heteroatoms. The number of aliphatic hydroxyl groups is 3. The van der Waals surface area contributed by atoms with Crippen LogP contribution in [0, 0.1) is 5.92 Å². The third-order valence-electron chi connectivity index (χ3n) is 12.4. The maximum absolute atomic E-state index is 13.7. The fourth-order valence-corrected chi connectivity index (χ4v) is 13.5. The summed E-state index contributed by atoms with van der Waals surface area (Å²) >= 11 is 0. The lowest BCUT2D eigenvalue weighted by Gasteiger charge is -2.26. The zero-order valence-electron chi connectivity index (χ0n) is 40.7. The third kappa shape index (κ3) is 12.4. The number of nitrogen functional groups attached to an aromatic ring is 3. The van der Waals surface area contributed by atoms with Crippen LogP contribution in [0.2, 0.25) is 0 Å². The highest BCUT2D eigenvalue weighted by Gasteiger charge is 2.54. The molecule has 39 nitrogen and oxygen atoms in total. The molecule has 0 aliphatic carbocycles. The average molecular weight is 1220 g/mol. The van der Waals surface area contributed by atoms with Crippen molar-refractivity contribution in [2.45, 2.75) is 80.5 Å². The summed E-state index contributed by atoms with van der Waals surface area (Å²) in [6.45, 7) is -7.38. The molecule has 4 unspecified atom stereocenters. The number of nitrogens with two attached hydrogens (primary N) is 3. The molecule has 0 saturated carbocycles. The largest absolute Gasteiger partial charge is 0.490 e. The first-order valence-electron chi connectivity index (χ1n) is 22.8. The van der Waals surface area contributed by atoms with Gasteiger partial charge in [-0.3, -0.25) is 51.4 Å². The third-order valence-corrected chi connectivity index (χ3v) is 17.7. The Labute approximate surface area is 442 Å². The zero-order valence-corrected chi connectivity index (χ0v) is 44.2. The molecular formula is C35H48F2N15O24P4+. The van der Waals surface area contributed by atoms with Gasteiger partial charge >= 0.3 is 43.5 Å². The van der Waals surface area contributed by atoms with Gasteiger partial charge in [-0.05, 0) is 6.42 Å². The van der Waals surface area contributed by atoms with Gasteiger partial charge in [0, 0.05) is 13.0 Å². The van der Waals surface area contributed by atoms with Crippen LogP contribution < -0.4 is 32.9 Å². The average Bonchev–Trinajstić information content (AvgIpc) is 4.43. The number of fused-ring (bicyclic) bond motifs is 3. The molecule has 6 aromatic heterocycles. The molecule has 0 spiro atoms. The number of hydrogen-bond donors (Lipinski definition) is 12. The number of aromatic nitrogens is 12. The van der Waals surface area contributed by atoms with E-state index in [1.807, 2.05) is 0 Å². The summed E-state index contributed by atoms with van der Waals surface area (Å²) in [7, 11) is -21.2. The summed E-state index contributed by atoms with van der Waals surface area (Å²) in [6, 6.07) is 0. The van der Waals surface area contributed by atoms with Crippen LogP contribution in [0.5, 0.6) is 0 Å². The molecule has 3 saturated heterocycles. The van der Waals surface area contributed by atoms with Gasteiger partial charge in [0.1, 0.15) is 54.6 Å². The number of H-pyrrole nitrogens is 2. The number of hydrogen-bond acceptors (Lipinski definition) is 29. The van der Waals surface area contributed by atoms with Crippen LogP contribution in [-0.2, 0) is 75.7 Å². The molecule has 0 aromatic carbocycles. The highest BCUT2D eigenvalue weighted by Crippen LogP contribution is 2.68. The van der Waals surface area contributed by atoms with Gasteiger partial charge in [-0.25, -0.2) is 42.8 Å². The van der Waals surface area contributed by atoms with Crippen molar-refractivity contribution in [3.05, 3.63) is 46.0 Å². The molecule has 3 fully saturated rings. The number of anilines is 3. The van der Waals surface area contributed by atoms with Crippen LogP contribution in [0.15, 0.2) is 34.9 Å². The van der Waals surface area contributed by atoms with E-state index >= 15 is 0 Å². The van der Waals surface area contributed by atoms with E-state index in [-0.39, 0.29) is 51.2 Å². The lowest BCUT2D eigenvalue weighted by atomic mass is 9.95. The van der Waals surface area contributed by atoms with Crippen molar-refractivity contribution in [3.63, 3.8) is 0 Å². The van der Waals surface area contributed by atoms with Gasteiger partial charge in [-0.1, -0.05) is 4.98 Å². The van der Waals surface area contributed by atoms with Crippen LogP contribution in [0.25, 0.3) is 33.5 Å². The first-order valence-corrected chi connectivity index (χ1v) is 28.7. The van der Waals surface area contributed by atoms with Crippen molar-refractivity contribution >= 4 is 82.5 Å². The molecule has 3 aliphatic heterocycles. The Hall–Kier alpha value is -5.29. The summed E-state index contributed by atoms with van der Waals surface area (Å²) < 4.78 is 140. The minimum absolute atomic E-state index is 0.0108. The fraction of sp³-hybridized carbons (Fsp3) is 0.571. The number of aliphatic hydroxyl groups excluding tert-OH is 3. The Bertz CT molecular complexity index is 3590. The van der Waals surface area contributed by atoms with Gasteiger partial charge in [0.25, 0.3) is 17.1 Å². The Morgan fingerprint density at radius 1 is 0.725 bits per heavy atom. The number of rotatable bonds is 23. The summed E-state index contributed by atoms with van der Waals surface area (Å²) in [4.78, 5) is 96.3. The molecule has 16 atom stereocenters. The number of halogens is 2. The van der Waals surface area contributed by atoms with Crippen LogP contribution in [0.4, 0.5) is 26.5 Å². The summed E-state index contributed by atoms with van der Waals surface area (Å²) in [5.74, 6) is -2.05. The molecular weight excluding hydrogens is 1180 g/mol. The monoisotopic (exact) mass is 1220 g/mol.